The maximum atomic E-state index is 10.9. The molecule has 3 rings (SSSR count). The molecule has 2 aliphatic rings. The second-order valence-electron chi connectivity index (χ2n) is 6.96. The van der Waals surface area contributed by atoms with Gasteiger partial charge in [0.2, 0.25) is 0 Å². The number of aliphatic carboxylic acids is 1. The van der Waals surface area contributed by atoms with Gasteiger partial charge in [0, 0.05) is 5.92 Å². The number of aromatic nitrogens is 2. The van der Waals surface area contributed by atoms with Crippen LogP contribution >= 0.6 is 0 Å². The zero-order valence-corrected chi connectivity index (χ0v) is 12.5. The lowest BCUT2D eigenvalue weighted by Crippen LogP contribution is -2.20. The average Bonchev–Trinajstić information content (AvgIpc) is 3.07. The SMILES string of the molecule is CC1(C)CCC(c2noc(C3CCC(C(=O)O)O3)n2)CC1. The van der Waals surface area contributed by atoms with E-state index in [1.807, 2.05) is 0 Å². The van der Waals surface area contributed by atoms with E-state index in [2.05, 4.69) is 24.0 Å². The van der Waals surface area contributed by atoms with Crippen molar-refractivity contribution in [3.8, 4) is 0 Å². The first kappa shape index (κ1) is 14.5. The summed E-state index contributed by atoms with van der Waals surface area (Å²) in [5.41, 5.74) is 0.409. The van der Waals surface area contributed by atoms with Crippen LogP contribution in [0.2, 0.25) is 0 Å². The Morgan fingerprint density at radius 3 is 2.57 bits per heavy atom. The minimum absolute atomic E-state index is 0.354. The topological polar surface area (TPSA) is 85.5 Å². The van der Waals surface area contributed by atoms with Gasteiger partial charge in [-0.1, -0.05) is 19.0 Å². The largest absolute Gasteiger partial charge is 0.479 e. The van der Waals surface area contributed by atoms with Gasteiger partial charge >= 0.3 is 5.97 Å². The van der Waals surface area contributed by atoms with Gasteiger partial charge in [0.1, 0.15) is 6.10 Å². The number of hydrogen-bond donors (Lipinski definition) is 1. The van der Waals surface area contributed by atoms with Gasteiger partial charge in [-0.3, -0.25) is 0 Å². The normalized spacial score (nSPS) is 29.6. The van der Waals surface area contributed by atoms with Crippen LogP contribution in [0.3, 0.4) is 0 Å². The number of carbonyl (C=O) groups is 1. The average molecular weight is 294 g/mol. The van der Waals surface area contributed by atoms with Crippen LogP contribution in [0.25, 0.3) is 0 Å². The molecule has 6 nitrogen and oxygen atoms in total. The summed E-state index contributed by atoms with van der Waals surface area (Å²) in [5, 5.41) is 13.0. The first-order chi connectivity index (χ1) is 9.94. The summed E-state index contributed by atoms with van der Waals surface area (Å²) >= 11 is 0. The third-order valence-corrected chi connectivity index (χ3v) is 4.73. The highest BCUT2D eigenvalue weighted by molar-refractivity contribution is 5.72. The molecule has 2 unspecified atom stereocenters. The van der Waals surface area contributed by atoms with Gasteiger partial charge in [-0.15, -0.1) is 0 Å². The Hall–Kier alpha value is -1.43. The number of carboxylic acid groups (broad SMARTS) is 1. The van der Waals surface area contributed by atoms with Crippen LogP contribution < -0.4 is 0 Å². The van der Waals surface area contributed by atoms with Gasteiger partial charge < -0.3 is 14.4 Å². The number of nitrogens with zero attached hydrogens (tertiary/aromatic N) is 2. The highest BCUT2D eigenvalue weighted by atomic mass is 16.5. The Morgan fingerprint density at radius 2 is 1.95 bits per heavy atom. The minimum Gasteiger partial charge on any atom is -0.479 e. The molecular formula is C15H22N2O4. The van der Waals surface area contributed by atoms with Crippen LogP contribution in [0.15, 0.2) is 4.52 Å². The van der Waals surface area contributed by atoms with Crippen LogP contribution in [0.1, 0.15) is 76.1 Å². The van der Waals surface area contributed by atoms with E-state index in [1.165, 1.54) is 12.8 Å². The first-order valence-electron chi connectivity index (χ1n) is 7.66. The van der Waals surface area contributed by atoms with Crippen LogP contribution in [-0.4, -0.2) is 27.3 Å². The summed E-state index contributed by atoms with van der Waals surface area (Å²) in [4.78, 5) is 15.4. The predicted octanol–water partition coefficient (Wildman–Crippen LogP) is 3.06. The molecule has 0 bridgehead atoms. The zero-order valence-electron chi connectivity index (χ0n) is 12.5. The molecule has 2 fully saturated rings. The zero-order chi connectivity index (χ0) is 15.0. The Labute approximate surface area is 123 Å². The Morgan fingerprint density at radius 1 is 1.24 bits per heavy atom. The lowest BCUT2D eigenvalue weighted by molar-refractivity contribution is -0.150. The fourth-order valence-electron chi connectivity index (χ4n) is 3.20. The maximum Gasteiger partial charge on any atom is 0.332 e. The number of carboxylic acids is 1. The first-order valence-corrected chi connectivity index (χ1v) is 7.66. The van der Waals surface area contributed by atoms with Crippen molar-refractivity contribution in [2.45, 2.75) is 70.5 Å². The molecule has 1 aromatic rings. The second-order valence-corrected chi connectivity index (χ2v) is 6.96. The number of hydrogen-bond acceptors (Lipinski definition) is 5. The van der Waals surface area contributed by atoms with E-state index in [0.29, 0.717) is 30.1 Å². The Kier molecular flexibility index (Phi) is 3.73. The third-order valence-electron chi connectivity index (χ3n) is 4.73. The standard InChI is InChI=1S/C15H22N2O4/c1-15(2)7-5-9(6-8-15)12-16-13(21-17-12)10-3-4-11(20-10)14(18)19/h9-11H,3-8H2,1-2H3,(H,18,19). The molecule has 1 saturated carbocycles. The molecule has 1 aromatic heterocycles. The molecule has 6 heteroatoms. The fourth-order valence-corrected chi connectivity index (χ4v) is 3.20. The van der Waals surface area contributed by atoms with Crippen LogP contribution in [-0.2, 0) is 9.53 Å². The molecule has 0 spiro atoms. The Balaban J connectivity index is 1.63. The van der Waals surface area contributed by atoms with E-state index < -0.39 is 12.1 Å². The van der Waals surface area contributed by atoms with Gasteiger partial charge in [0.15, 0.2) is 11.9 Å². The second kappa shape index (κ2) is 5.40. The van der Waals surface area contributed by atoms with Gasteiger partial charge in [0.25, 0.3) is 5.89 Å². The molecule has 2 heterocycles. The summed E-state index contributed by atoms with van der Waals surface area (Å²) < 4.78 is 10.7. The quantitative estimate of drug-likeness (QED) is 0.922. The fraction of sp³-hybridized carbons (Fsp3) is 0.800. The minimum atomic E-state index is -0.924. The van der Waals surface area contributed by atoms with Gasteiger partial charge in [-0.05, 0) is 43.9 Å². The lowest BCUT2D eigenvalue weighted by atomic mass is 9.73. The molecule has 116 valence electrons. The van der Waals surface area contributed by atoms with Crippen molar-refractivity contribution in [2.24, 2.45) is 5.41 Å². The van der Waals surface area contributed by atoms with Crippen molar-refractivity contribution in [1.29, 1.82) is 0 Å². The monoisotopic (exact) mass is 294 g/mol. The molecule has 1 aliphatic heterocycles. The lowest BCUT2D eigenvalue weighted by Gasteiger charge is -2.32. The van der Waals surface area contributed by atoms with E-state index in [9.17, 15) is 4.79 Å². The molecular weight excluding hydrogens is 272 g/mol. The predicted molar refractivity (Wildman–Crippen MR) is 73.8 cm³/mol. The van der Waals surface area contributed by atoms with Crippen LogP contribution in [0.5, 0.6) is 0 Å². The molecule has 0 amide bonds. The molecule has 1 aliphatic carbocycles. The van der Waals surface area contributed by atoms with Crippen LogP contribution in [0, 0.1) is 5.41 Å². The van der Waals surface area contributed by atoms with Gasteiger partial charge in [-0.2, -0.15) is 4.98 Å². The maximum absolute atomic E-state index is 10.9. The molecule has 2 atom stereocenters. The summed E-state index contributed by atoms with van der Waals surface area (Å²) in [5.74, 6) is 0.611. The van der Waals surface area contributed by atoms with E-state index in [0.717, 1.165) is 18.7 Å². The van der Waals surface area contributed by atoms with Crippen molar-refractivity contribution < 1.29 is 19.2 Å². The molecule has 1 saturated heterocycles. The smallest absolute Gasteiger partial charge is 0.332 e. The Bertz CT molecular complexity index is 515. The summed E-state index contributed by atoms with van der Waals surface area (Å²) in [6.07, 6.45) is 4.49. The van der Waals surface area contributed by atoms with E-state index >= 15 is 0 Å². The molecule has 21 heavy (non-hydrogen) atoms. The summed E-state index contributed by atoms with van der Waals surface area (Å²) in [7, 11) is 0. The van der Waals surface area contributed by atoms with Gasteiger partial charge in [-0.25, -0.2) is 4.79 Å². The molecule has 0 aromatic carbocycles. The highest BCUT2D eigenvalue weighted by Gasteiger charge is 2.36. The number of rotatable bonds is 3. The highest BCUT2D eigenvalue weighted by Crippen LogP contribution is 2.42. The summed E-state index contributed by atoms with van der Waals surface area (Å²) in [6.45, 7) is 4.59. The van der Waals surface area contributed by atoms with E-state index in [-0.39, 0.29) is 6.10 Å². The van der Waals surface area contributed by atoms with Crippen molar-refractivity contribution >= 4 is 5.97 Å². The van der Waals surface area contributed by atoms with Crippen molar-refractivity contribution in [3.05, 3.63) is 11.7 Å². The molecule has 0 radical (unpaired) electrons. The number of ether oxygens (including phenoxy) is 1. The summed E-state index contributed by atoms with van der Waals surface area (Å²) in [6, 6.07) is 0. The van der Waals surface area contributed by atoms with Crippen molar-refractivity contribution in [2.75, 3.05) is 0 Å². The van der Waals surface area contributed by atoms with Crippen molar-refractivity contribution in [1.82, 2.24) is 10.1 Å². The van der Waals surface area contributed by atoms with Crippen molar-refractivity contribution in [3.63, 3.8) is 0 Å². The van der Waals surface area contributed by atoms with Crippen LogP contribution in [0.4, 0.5) is 0 Å². The van der Waals surface area contributed by atoms with E-state index in [4.69, 9.17) is 14.4 Å². The van der Waals surface area contributed by atoms with E-state index in [1.54, 1.807) is 0 Å². The van der Waals surface area contributed by atoms with Gasteiger partial charge in [0.05, 0.1) is 0 Å². The molecule has 1 N–H and O–H groups in total. The third kappa shape index (κ3) is 3.10.